The Morgan fingerprint density at radius 1 is 0.981 bits per heavy atom. The summed E-state index contributed by atoms with van der Waals surface area (Å²) in [5.74, 6) is 6.09. The Bertz CT molecular complexity index is 1960. The number of aliphatic hydroxyl groups excluding tert-OH is 1. The van der Waals surface area contributed by atoms with Gasteiger partial charge in [-0.15, -0.1) is 0 Å². The van der Waals surface area contributed by atoms with Gasteiger partial charge >= 0.3 is 0 Å². The maximum Gasteiger partial charge on any atom is 0.160 e. The fourth-order valence-electron chi connectivity index (χ4n) is 12.1. The van der Waals surface area contributed by atoms with Crippen molar-refractivity contribution in [2.45, 2.75) is 92.8 Å². The summed E-state index contributed by atoms with van der Waals surface area (Å²) in [5, 5.41) is 63.8. The van der Waals surface area contributed by atoms with Gasteiger partial charge in [0, 0.05) is 60.6 Å². The Kier molecular flexibility index (Phi) is 9.26. The zero-order valence-corrected chi connectivity index (χ0v) is 30.7. The van der Waals surface area contributed by atoms with Crippen molar-refractivity contribution >= 4 is 5.78 Å². The lowest BCUT2D eigenvalue weighted by Gasteiger charge is -2.73. The zero-order valence-electron chi connectivity index (χ0n) is 30.7. The smallest absolute Gasteiger partial charge is 0.160 e. The van der Waals surface area contributed by atoms with Crippen LogP contribution >= 0.6 is 0 Å². The molecule has 3 fully saturated rings. The summed E-state index contributed by atoms with van der Waals surface area (Å²) >= 11 is 0. The molecule has 280 valence electrons. The molecule has 0 amide bonds. The van der Waals surface area contributed by atoms with Crippen LogP contribution in [0.5, 0.6) is 23.0 Å². The van der Waals surface area contributed by atoms with Crippen molar-refractivity contribution in [3.05, 3.63) is 82.4 Å². The van der Waals surface area contributed by atoms with Crippen LogP contribution in [0, 0.1) is 35.5 Å². The van der Waals surface area contributed by atoms with Crippen molar-refractivity contribution in [3.63, 3.8) is 0 Å². The van der Waals surface area contributed by atoms with E-state index in [4.69, 9.17) is 4.74 Å². The molecule has 0 aromatic heterocycles. The molecule has 8 rings (SSSR count). The molecule has 9 nitrogen and oxygen atoms in total. The van der Waals surface area contributed by atoms with E-state index in [0.29, 0.717) is 36.9 Å². The number of fused-ring (bicyclic) bond motifs is 1. The first kappa shape index (κ1) is 35.9. The Morgan fingerprint density at radius 3 is 2.53 bits per heavy atom. The Balaban J connectivity index is 1.34. The molecule has 7 N–H and O–H groups in total. The van der Waals surface area contributed by atoms with Gasteiger partial charge in [0.25, 0.3) is 0 Å². The number of piperidine rings is 1. The maximum absolute atomic E-state index is 14.7. The summed E-state index contributed by atoms with van der Waals surface area (Å²) in [5.41, 5.74) is 1.94. The van der Waals surface area contributed by atoms with Crippen LogP contribution in [0.15, 0.2) is 54.6 Å². The van der Waals surface area contributed by atoms with Crippen molar-refractivity contribution in [1.29, 1.82) is 0 Å². The van der Waals surface area contributed by atoms with Crippen molar-refractivity contribution < 1.29 is 35.1 Å². The average Bonchev–Trinajstić information content (AvgIpc) is 3.15. The lowest BCUT2D eigenvalue weighted by atomic mass is 9.35. The van der Waals surface area contributed by atoms with E-state index in [9.17, 15) is 30.3 Å². The molecular weight excluding hydrogens is 668 g/mol. The van der Waals surface area contributed by atoms with Crippen LogP contribution in [0.25, 0.3) is 0 Å². The van der Waals surface area contributed by atoms with Gasteiger partial charge in [-0.25, -0.2) is 0 Å². The van der Waals surface area contributed by atoms with Gasteiger partial charge in [-0.3, -0.25) is 4.79 Å². The van der Waals surface area contributed by atoms with Gasteiger partial charge in [-0.05, 0) is 109 Å². The fourth-order valence-corrected chi connectivity index (χ4v) is 12.1. The molecule has 53 heavy (non-hydrogen) atoms. The van der Waals surface area contributed by atoms with E-state index in [-0.39, 0.29) is 83.4 Å². The van der Waals surface area contributed by atoms with Crippen LogP contribution in [-0.4, -0.2) is 69.7 Å². The molecule has 0 radical (unpaired) electrons. The van der Waals surface area contributed by atoms with E-state index in [1.807, 2.05) is 25.2 Å². The summed E-state index contributed by atoms with van der Waals surface area (Å²) in [6.45, 7) is 0.963. The van der Waals surface area contributed by atoms with E-state index >= 15 is 0 Å². The number of methoxy groups -OCH3 is 1. The zero-order chi connectivity index (χ0) is 37.1. The van der Waals surface area contributed by atoms with Gasteiger partial charge in [0.05, 0.1) is 19.3 Å². The van der Waals surface area contributed by atoms with E-state index in [0.717, 1.165) is 48.9 Å². The number of carbonyl (C=O) groups is 1. The highest BCUT2D eigenvalue weighted by Gasteiger charge is 2.73. The van der Waals surface area contributed by atoms with E-state index in [2.05, 4.69) is 34.6 Å². The normalized spacial score (nSPS) is 34.5. The first-order chi connectivity index (χ1) is 25.6. The summed E-state index contributed by atoms with van der Waals surface area (Å²) in [6, 6.07) is 16.8. The van der Waals surface area contributed by atoms with Crippen molar-refractivity contribution in [3.8, 4) is 34.8 Å². The number of rotatable bonds is 7. The number of ketones is 1. The van der Waals surface area contributed by atoms with E-state index in [1.165, 1.54) is 13.2 Å². The predicted octanol–water partition coefficient (Wildman–Crippen LogP) is 5.16. The summed E-state index contributed by atoms with van der Waals surface area (Å²) in [6.07, 6.45) is 5.59. The Hall–Kier alpha value is -4.07. The molecule has 5 aliphatic rings. The second-order valence-corrected chi connectivity index (χ2v) is 16.5. The summed E-state index contributed by atoms with van der Waals surface area (Å²) < 4.78 is 5.51. The number of hydrogen-bond donors (Lipinski definition) is 7. The van der Waals surface area contributed by atoms with Crippen LogP contribution in [0.1, 0.15) is 91.0 Å². The molecule has 2 saturated carbocycles. The summed E-state index contributed by atoms with van der Waals surface area (Å²) in [7, 11) is 3.42. The van der Waals surface area contributed by atoms with Crippen molar-refractivity contribution in [2.75, 3.05) is 27.2 Å². The Morgan fingerprint density at radius 2 is 1.77 bits per heavy atom. The summed E-state index contributed by atoms with van der Waals surface area (Å²) in [4.78, 5) is 14.7. The minimum atomic E-state index is -1.36. The number of benzene rings is 3. The highest BCUT2D eigenvalue weighted by atomic mass is 16.5. The largest absolute Gasteiger partial charge is 0.504 e. The molecule has 0 unspecified atom stereocenters. The number of aliphatic hydroxyl groups is 2. The van der Waals surface area contributed by atoms with Gasteiger partial charge in [-0.1, -0.05) is 48.6 Å². The quantitative estimate of drug-likeness (QED) is 0.130. The lowest BCUT2D eigenvalue weighted by molar-refractivity contribution is -0.195. The number of carbonyl (C=O) groups excluding carboxylic acids is 1. The standard InChI is InChI=1S/C44H52N2O7/c1-45-23-29-16-31-9-6-12-43-14-13-42(52)22-32(48)18-33(34-20-40(53-2)39(51)17-30(34)25-47)27(15-26-7-4-3-5-8-26)10-11-28(24-46-43)41(42)44(31,43)36-21-38(50)37(49)19-35(29)36/h3-5,7-8,17,19-21,27-29,31,33,41,45-47,49-52H,6,9,12-16,18,22-25H2,1-2H3/t27-,28-,29+,31-,33+,41-,42-,43-,44+/m0/s1. The highest BCUT2D eigenvalue weighted by molar-refractivity contribution is 5.81. The van der Waals surface area contributed by atoms with Gasteiger partial charge in [0.2, 0.25) is 0 Å². The number of aromatic hydroxyl groups is 3. The van der Waals surface area contributed by atoms with Crippen LogP contribution in [-0.2, 0) is 23.2 Å². The second-order valence-electron chi connectivity index (χ2n) is 16.5. The number of nitrogens with one attached hydrogen (secondary N) is 2. The molecule has 9 atom stereocenters. The minimum Gasteiger partial charge on any atom is -0.504 e. The second kappa shape index (κ2) is 13.7. The molecule has 3 aromatic carbocycles. The lowest BCUT2D eigenvalue weighted by Crippen LogP contribution is -2.80. The van der Waals surface area contributed by atoms with E-state index in [1.54, 1.807) is 18.2 Å². The van der Waals surface area contributed by atoms with Crippen LogP contribution in [0.2, 0.25) is 0 Å². The molecule has 2 bridgehead atoms. The molecular formula is C44H52N2O7. The molecule has 1 heterocycles. The van der Waals surface area contributed by atoms with Crippen LogP contribution < -0.4 is 15.4 Å². The van der Waals surface area contributed by atoms with E-state index < -0.39 is 16.9 Å². The maximum atomic E-state index is 14.7. The van der Waals surface area contributed by atoms with Crippen LogP contribution in [0.4, 0.5) is 0 Å². The number of hydrogen-bond acceptors (Lipinski definition) is 9. The molecule has 4 aliphatic carbocycles. The van der Waals surface area contributed by atoms with Gasteiger partial charge in [0.1, 0.15) is 5.78 Å². The third-order valence-corrected chi connectivity index (χ3v) is 14.0. The first-order valence-corrected chi connectivity index (χ1v) is 19.3. The van der Waals surface area contributed by atoms with Crippen molar-refractivity contribution in [2.24, 2.45) is 23.7 Å². The molecule has 1 aliphatic heterocycles. The molecule has 1 saturated heterocycles. The number of phenolic OH excluding ortho intramolecular Hbond substituents is 3. The molecule has 9 heteroatoms. The minimum absolute atomic E-state index is 0.0298. The fraction of sp³-hybridized carbons (Fsp3) is 0.523. The number of phenols is 3. The average molecular weight is 721 g/mol. The highest BCUT2D eigenvalue weighted by Crippen LogP contribution is 2.70. The SMILES string of the molecule is CNC[C@H]1C[C@@H]2CCC[C@@]34CC[C@]5(O)CC(=O)C[C@@H](c6cc(OC)c(O)cc6CO)[C@H](Cc6ccccc6)C#C[C@@H](CN3)[C@@H]5[C@]24c2cc(O)c(O)cc21. The topological polar surface area (TPSA) is 152 Å². The predicted molar refractivity (Wildman–Crippen MR) is 201 cm³/mol. The number of Topliss-reactive ketones (excluding diaryl/α,β-unsaturated/α-hetero) is 1. The molecule has 3 aromatic rings. The van der Waals surface area contributed by atoms with Gasteiger partial charge in [-0.2, -0.15) is 0 Å². The van der Waals surface area contributed by atoms with Gasteiger partial charge in [0.15, 0.2) is 23.0 Å². The van der Waals surface area contributed by atoms with Crippen LogP contribution in [0.3, 0.4) is 0 Å². The van der Waals surface area contributed by atoms with Gasteiger partial charge < -0.3 is 40.9 Å². The Labute approximate surface area is 311 Å². The molecule has 1 spiro atoms. The van der Waals surface area contributed by atoms with Crippen molar-refractivity contribution in [1.82, 2.24) is 10.6 Å². The monoisotopic (exact) mass is 720 g/mol. The number of likely N-dealkylation sites (N-methyl/N-ethyl adjacent to an activating group) is 1. The number of ether oxygens (including phenoxy) is 1. The third kappa shape index (κ3) is 5.64. The first-order valence-electron chi connectivity index (χ1n) is 19.3. The third-order valence-electron chi connectivity index (χ3n) is 14.0.